The van der Waals surface area contributed by atoms with E-state index in [2.05, 4.69) is 32.2 Å². The van der Waals surface area contributed by atoms with Crippen molar-refractivity contribution in [1.29, 1.82) is 0 Å². The number of ether oxygens (including phenoxy) is 3. The number of amides is 1. The molecule has 12 heteroatoms. The van der Waals surface area contributed by atoms with Crippen molar-refractivity contribution in [2.24, 2.45) is 0 Å². The van der Waals surface area contributed by atoms with Gasteiger partial charge in [0.05, 0.1) is 37.4 Å². The Morgan fingerprint density at radius 1 is 1.31 bits per heavy atom. The van der Waals surface area contributed by atoms with Gasteiger partial charge in [-0.15, -0.1) is 0 Å². The first-order chi connectivity index (χ1) is 17.3. The normalized spacial score (nSPS) is 16.3. The SMILES string of the molecule is COc1c(OCCC2CN(C)CCO2)ccc2c(=O)n(C(C)C)c(NC(=O)c3cnc(N)nc3)nc12. The van der Waals surface area contributed by atoms with Crippen LogP contribution in [0.5, 0.6) is 11.5 Å². The lowest BCUT2D eigenvalue weighted by molar-refractivity contribution is -0.0284. The summed E-state index contributed by atoms with van der Waals surface area (Å²) < 4.78 is 18.8. The van der Waals surface area contributed by atoms with Gasteiger partial charge < -0.3 is 24.8 Å². The van der Waals surface area contributed by atoms with E-state index in [4.69, 9.17) is 19.9 Å². The summed E-state index contributed by atoms with van der Waals surface area (Å²) in [4.78, 5) is 40.7. The molecule has 0 aliphatic carbocycles. The number of hydrogen-bond donors (Lipinski definition) is 2. The molecule has 3 N–H and O–H groups in total. The van der Waals surface area contributed by atoms with Crippen LogP contribution >= 0.6 is 0 Å². The van der Waals surface area contributed by atoms with E-state index in [1.165, 1.54) is 24.1 Å². The first-order valence-electron chi connectivity index (χ1n) is 11.7. The van der Waals surface area contributed by atoms with Gasteiger partial charge in [-0.3, -0.25) is 19.5 Å². The van der Waals surface area contributed by atoms with Crippen LogP contribution in [0.1, 0.15) is 36.7 Å². The Morgan fingerprint density at radius 3 is 2.72 bits per heavy atom. The average molecular weight is 498 g/mol. The molecular formula is C24H31N7O5. The predicted molar refractivity (Wildman–Crippen MR) is 135 cm³/mol. The summed E-state index contributed by atoms with van der Waals surface area (Å²) >= 11 is 0. The van der Waals surface area contributed by atoms with E-state index in [1.54, 1.807) is 12.1 Å². The maximum absolute atomic E-state index is 13.4. The van der Waals surface area contributed by atoms with Gasteiger partial charge in [0.2, 0.25) is 11.9 Å². The van der Waals surface area contributed by atoms with Gasteiger partial charge in [-0.25, -0.2) is 15.0 Å². The zero-order valence-electron chi connectivity index (χ0n) is 20.9. The van der Waals surface area contributed by atoms with Crippen molar-refractivity contribution >= 4 is 28.7 Å². The largest absolute Gasteiger partial charge is 0.491 e. The maximum atomic E-state index is 13.4. The molecule has 1 atom stereocenters. The summed E-state index contributed by atoms with van der Waals surface area (Å²) in [5.74, 6) is 0.354. The second-order valence-electron chi connectivity index (χ2n) is 8.87. The standard InChI is InChI=1S/C24H31N7O5/c1-14(2)31-22(33)17-5-6-18(36-9-7-16-13-30(3)8-10-35-16)20(34-4)19(17)28-24(31)29-21(32)15-11-26-23(25)27-12-15/h5-6,11-12,14,16H,7-10,13H2,1-4H3,(H2,25,26,27)(H,28,29,32). The van der Waals surface area contributed by atoms with Crippen LogP contribution in [0.25, 0.3) is 10.9 Å². The van der Waals surface area contributed by atoms with E-state index in [0.717, 1.165) is 13.1 Å². The molecule has 1 fully saturated rings. The average Bonchev–Trinajstić information content (AvgIpc) is 2.84. The van der Waals surface area contributed by atoms with Crippen LogP contribution in [0.3, 0.4) is 0 Å². The van der Waals surface area contributed by atoms with Gasteiger partial charge >= 0.3 is 0 Å². The van der Waals surface area contributed by atoms with Gasteiger partial charge in [0, 0.05) is 37.9 Å². The molecule has 192 valence electrons. The molecule has 4 rings (SSSR count). The molecule has 1 unspecified atom stereocenters. The van der Waals surface area contributed by atoms with E-state index in [0.29, 0.717) is 36.5 Å². The molecule has 12 nitrogen and oxygen atoms in total. The Balaban J connectivity index is 1.65. The molecule has 2 aromatic heterocycles. The number of nitrogens with one attached hydrogen (secondary N) is 1. The van der Waals surface area contributed by atoms with Crippen molar-refractivity contribution in [1.82, 2.24) is 24.4 Å². The third kappa shape index (κ3) is 5.39. The van der Waals surface area contributed by atoms with E-state index >= 15 is 0 Å². The first kappa shape index (κ1) is 25.3. The summed E-state index contributed by atoms with van der Waals surface area (Å²) in [5.41, 5.74) is 5.65. The summed E-state index contributed by atoms with van der Waals surface area (Å²) in [5, 5.41) is 3.04. The molecule has 0 radical (unpaired) electrons. The Hall–Kier alpha value is -3.77. The van der Waals surface area contributed by atoms with Gasteiger partial charge in [0.15, 0.2) is 11.5 Å². The number of hydrogen-bond acceptors (Lipinski definition) is 10. The van der Waals surface area contributed by atoms with E-state index in [-0.39, 0.29) is 40.7 Å². The number of benzene rings is 1. The van der Waals surface area contributed by atoms with Gasteiger partial charge in [-0.1, -0.05) is 0 Å². The number of rotatable bonds is 8. The molecule has 1 aliphatic rings. The minimum Gasteiger partial charge on any atom is -0.491 e. The Morgan fingerprint density at radius 2 is 2.06 bits per heavy atom. The molecule has 0 spiro atoms. The minimum absolute atomic E-state index is 0.0498. The molecule has 36 heavy (non-hydrogen) atoms. The van der Waals surface area contributed by atoms with Crippen LogP contribution < -0.4 is 26.1 Å². The smallest absolute Gasteiger partial charge is 0.263 e. The second kappa shape index (κ2) is 10.9. The molecule has 0 saturated carbocycles. The highest BCUT2D eigenvalue weighted by molar-refractivity contribution is 6.03. The summed E-state index contributed by atoms with van der Waals surface area (Å²) in [6.07, 6.45) is 3.40. The highest BCUT2D eigenvalue weighted by Crippen LogP contribution is 2.34. The summed E-state index contributed by atoms with van der Waals surface area (Å²) in [6, 6.07) is 3.08. The van der Waals surface area contributed by atoms with Gasteiger partial charge in [-0.05, 0) is 33.0 Å². The third-order valence-corrected chi connectivity index (χ3v) is 5.91. The fourth-order valence-corrected chi connectivity index (χ4v) is 4.07. The molecule has 3 heterocycles. The maximum Gasteiger partial charge on any atom is 0.263 e. The second-order valence-corrected chi connectivity index (χ2v) is 8.87. The molecule has 1 amide bonds. The fourth-order valence-electron chi connectivity index (χ4n) is 4.07. The zero-order valence-corrected chi connectivity index (χ0v) is 20.9. The number of fused-ring (bicyclic) bond motifs is 1. The van der Waals surface area contributed by atoms with Crippen LogP contribution in [0.15, 0.2) is 29.3 Å². The van der Waals surface area contributed by atoms with Gasteiger partial charge in [-0.2, -0.15) is 0 Å². The molecule has 3 aromatic rings. The van der Waals surface area contributed by atoms with Crippen LogP contribution in [0.4, 0.5) is 11.9 Å². The lowest BCUT2D eigenvalue weighted by Crippen LogP contribution is -2.40. The number of carbonyl (C=O) groups excluding carboxylic acids is 1. The van der Waals surface area contributed by atoms with Crippen molar-refractivity contribution in [2.75, 3.05) is 51.5 Å². The molecule has 1 aliphatic heterocycles. The lowest BCUT2D eigenvalue weighted by Gasteiger charge is -2.30. The van der Waals surface area contributed by atoms with E-state index in [9.17, 15) is 9.59 Å². The van der Waals surface area contributed by atoms with Crippen molar-refractivity contribution in [2.45, 2.75) is 32.4 Å². The van der Waals surface area contributed by atoms with E-state index in [1.807, 2.05) is 13.8 Å². The molecular weight excluding hydrogens is 466 g/mol. The monoisotopic (exact) mass is 497 g/mol. The van der Waals surface area contributed by atoms with Crippen LogP contribution in [-0.4, -0.2) is 76.9 Å². The number of likely N-dealkylation sites (N-methyl/N-ethyl adjacent to an activating group) is 1. The zero-order chi connectivity index (χ0) is 25.8. The third-order valence-electron chi connectivity index (χ3n) is 5.91. The van der Waals surface area contributed by atoms with Crippen molar-refractivity contribution < 1.29 is 19.0 Å². The van der Waals surface area contributed by atoms with Crippen LogP contribution in [-0.2, 0) is 4.74 Å². The Labute approximate surface area is 208 Å². The number of carbonyl (C=O) groups is 1. The van der Waals surface area contributed by atoms with Crippen LogP contribution in [0, 0.1) is 0 Å². The number of morpholine rings is 1. The lowest BCUT2D eigenvalue weighted by atomic mass is 10.2. The number of anilines is 2. The number of nitrogens with zero attached hydrogens (tertiary/aromatic N) is 5. The molecule has 1 aromatic carbocycles. The van der Waals surface area contributed by atoms with Crippen molar-refractivity contribution in [3.63, 3.8) is 0 Å². The highest BCUT2D eigenvalue weighted by atomic mass is 16.5. The van der Waals surface area contributed by atoms with Crippen LogP contribution in [0.2, 0.25) is 0 Å². The summed E-state index contributed by atoms with van der Waals surface area (Å²) in [7, 11) is 3.55. The Kier molecular flexibility index (Phi) is 7.65. The minimum atomic E-state index is -0.528. The number of nitrogens with two attached hydrogens (primary N) is 1. The van der Waals surface area contributed by atoms with E-state index < -0.39 is 5.91 Å². The number of nitrogen functional groups attached to an aromatic ring is 1. The fraction of sp³-hybridized carbons (Fsp3) is 0.458. The highest BCUT2D eigenvalue weighted by Gasteiger charge is 2.22. The number of aromatic nitrogens is 4. The number of methoxy groups -OCH3 is 1. The predicted octanol–water partition coefficient (Wildman–Crippen LogP) is 1.71. The first-order valence-corrected chi connectivity index (χ1v) is 11.7. The molecule has 0 bridgehead atoms. The Bertz CT molecular complexity index is 1290. The van der Waals surface area contributed by atoms with Crippen molar-refractivity contribution in [3.8, 4) is 11.5 Å². The topological polar surface area (TPSA) is 147 Å². The van der Waals surface area contributed by atoms with Gasteiger partial charge in [0.1, 0.15) is 5.52 Å². The van der Waals surface area contributed by atoms with Gasteiger partial charge in [0.25, 0.3) is 11.5 Å². The quantitative estimate of drug-likeness (QED) is 0.471. The molecule has 1 saturated heterocycles. The summed E-state index contributed by atoms with van der Waals surface area (Å²) in [6.45, 7) is 6.52. The van der Waals surface area contributed by atoms with Crippen molar-refractivity contribution in [3.05, 3.63) is 40.4 Å².